The van der Waals surface area contributed by atoms with Crippen LogP contribution in [-0.2, 0) is 104 Å². The second-order valence-electron chi connectivity index (χ2n) is 30.3. The topological polar surface area (TPSA) is 632 Å². The Bertz CT molecular complexity index is 2990. The maximum Gasteiger partial charge on any atom is 0.472 e. The molecule has 0 spiro atoms. The van der Waals surface area contributed by atoms with Crippen molar-refractivity contribution in [2.75, 3.05) is 125 Å². The van der Waals surface area contributed by atoms with Crippen molar-refractivity contribution in [1.29, 1.82) is 0 Å². The number of phosphoric acid groups is 1. The molecule has 0 radical (unpaired) electrons. The lowest BCUT2D eigenvalue weighted by Crippen LogP contribution is -2.64. The van der Waals surface area contributed by atoms with Gasteiger partial charge in [0.2, 0.25) is 59.1 Å². The summed E-state index contributed by atoms with van der Waals surface area (Å²) in [6.45, 7) is 5.84. The van der Waals surface area contributed by atoms with E-state index in [1.54, 1.807) is 20.8 Å². The van der Waals surface area contributed by atoms with E-state index in [4.69, 9.17) is 51.7 Å². The predicted molar refractivity (Wildman–Crippen MR) is 419 cm³/mol. The number of unbranched alkanes of at least 4 members (excludes halogenated alkanes) is 9. The first-order valence-corrected chi connectivity index (χ1v) is 42.6. The summed E-state index contributed by atoms with van der Waals surface area (Å²) in [5.41, 5.74) is -0.872. The lowest BCUT2D eigenvalue weighted by molar-refractivity contribution is -0.272. The smallest absolute Gasteiger partial charge is 0.396 e. The molecule has 10 amide bonds. The summed E-state index contributed by atoms with van der Waals surface area (Å²) in [7, 11) is -4.26. The molecule has 3 rings (SSSR count). The predicted octanol–water partition coefficient (Wildman–Crippen LogP) is -4.80. The first-order chi connectivity index (χ1) is 56.6. The van der Waals surface area contributed by atoms with Gasteiger partial charge in [-0.1, -0.05) is 51.4 Å². The maximum absolute atomic E-state index is 13.8. The molecule has 690 valence electrons. The molecular formula is C75H137N10O33P. The van der Waals surface area contributed by atoms with Crippen molar-refractivity contribution in [3.63, 3.8) is 0 Å². The molecule has 3 aliphatic rings. The Hall–Kier alpha value is -5.95. The van der Waals surface area contributed by atoms with Gasteiger partial charge in [-0.05, 0) is 72.1 Å². The second-order valence-corrected chi connectivity index (χ2v) is 31.7. The third-order valence-corrected chi connectivity index (χ3v) is 20.2. The van der Waals surface area contributed by atoms with E-state index >= 15 is 0 Å². The summed E-state index contributed by atoms with van der Waals surface area (Å²) >= 11 is 0. The molecule has 3 heterocycles. The van der Waals surface area contributed by atoms with Crippen molar-refractivity contribution in [2.24, 2.45) is 5.92 Å². The van der Waals surface area contributed by atoms with Crippen LogP contribution >= 0.6 is 7.82 Å². The highest BCUT2D eigenvalue weighted by atomic mass is 31.2. The van der Waals surface area contributed by atoms with Crippen molar-refractivity contribution in [1.82, 2.24) is 53.2 Å². The summed E-state index contributed by atoms with van der Waals surface area (Å²) in [5, 5.41) is 128. The number of aliphatic hydroxyl groups is 10. The number of hydrogen-bond acceptors (Lipinski definition) is 32. The summed E-state index contributed by atoms with van der Waals surface area (Å²) in [4.78, 5) is 139. The number of aliphatic hydroxyl groups excluding tert-OH is 10. The van der Waals surface area contributed by atoms with Crippen LogP contribution in [0.25, 0.3) is 0 Å². The molecule has 0 aromatic heterocycles. The zero-order valence-electron chi connectivity index (χ0n) is 69.5. The Balaban J connectivity index is 1.53. The molecule has 3 saturated heterocycles. The van der Waals surface area contributed by atoms with Crippen molar-refractivity contribution in [2.45, 2.75) is 286 Å². The standard InChI is InChI=1S/C75H137N10O33P/c1-47(90)81-61-67(101)64(98)53(43-87)115-72(61)111-39-36-108-33-30-78-58(95)27-26-52(71(105)80-32-35-110-38-41-113-74-63(83-49(3)92)69(103)66(100)55(45-89)117-74)85-59(96)24-18-21-51(70(104)79-31-34-109-37-40-112-73-62(82-48(2)91)68(102)65(99)54(44-88)116-73)84-60(97)25-19-23-57(94)76-28-16-13-11-9-7-8-10-12-14-22-56(93)77-29-17-15-20-50(42-86)46-114-119(106,107)118-75(4,5)6/h50-55,61-69,72-74,86-89,98-103H,7-46H2,1-6H3,(H,76,94)(H,77,93)(H,78,95)(H,79,104)(H,80,105)(H,81,90)(H,82,91)(H,83,92)(H,84,97)(H,85,96)(H,106,107)/t50?,51-,52-,53?,54?,55?,61?,62?,63?,64?,65?,66?,67?,68?,69?,72?,73?,74?/m0/s1. The van der Waals surface area contributed by atoms with Crippen LogP contribution in [0.5, 0.6) is 0 Å². The number of hydrogen-bond donors (Lipinski definition) is 21. The molecule has 119 heavy (non-hydrogen) atoms. The molecule has 0 aromatic rings. The van der Waals surface area contributed by atoms with Gasteiger partial charge in [0.1, 0.15) is 85.1 Å². The van der Waals surface area contributed by atoms with E-state index in [0.29, 0.717) is 38.8 Å². The third kappa shape index (κ3) is 45.8. The Morgan fingerprint density at radius 1 is 0.387 bits per heavy atom. The molecule has 44 heteroatoms. The monoisotopic (exact) mass is 1740 g/mol. The Morgan fingerprint density at radius 3 is 1.13 bits per heavy atom. The normalized spacial score (nSPS) is 24.4. The van der Waals surface area contributed by atoms with Gasteiger partial charge in [-0.2, -0.15) is 0 Å². The number of ether oxygens (including phenoxy) is 9. The third-order valence-electron chi connectivity index (χ3n) is 19.0. The number of nitrogens with one attached hydrogen (secondary N) is 10. The van der Waals surface area contributed by atoms with Crippen LogP contribution in [0.2, 0.25) is 0 Å². The van der Waals surface area contributed by atoms with Crippen LogP contribution in [0.1, 0.15) is 176 Å². The average Bonchev–Trinajstić information content (AvgIpc) is 0.821. The van der Waals surface area contributed by atoms with Crippen molar-refractivity contribution in [3.05, 3.63) is 0 Å². The quantitative estimate of drug-likeness (QED) is 0.0201. The Kier molecular flexibility index (Phi) is 54.6. The van der Waals surface area contributed by atoms with Crippen LogP contribution in [0.3, 0.4) is 0 Å². The highest BCUT2D eigenvalue weighted by Gasteiger charge is 2.48. The molecule has 43 nitrogen and oxygen atoms in total. The van der Waals surface area contributed by atoms with E-state index in [1.165, 1.54) is 20.8 Å². The first-order valence-electron chi connectivity index (χ1n) is 41.1. The van der Waals surface area contributed by atoms with Crippen molar-refractivity contribution >= 4 is 66.9 Å². The molecule has 0 aliphatic carbocycles. The first kappa shape index (κ1) is 107. The van der Waals surface area contributed by atoms with E-state index in [0.717, 1.165) is 57.8 Å². The molecule has 17 unspecified atom stereocenters. The lowest BCUT2D eigenvalue weighted by Gasteiger charge is -2.42. The average molecular weight is 1740 g/mol. The van der Waals surface area contributed by atoms with Gasteiger partial charge >= 0.3 is 7.82 Å². The van der Waals surface area contributed by atoms with Gasteiger partial charge in [-0.3, -0.25) is 57.0 Å². The minimum atomic E-state index is -4.26. The number of rotatable bonds is 64. The van der Waals surface area contributed by atoms with E-state index in [2.05, 4.69) is 53.2 Å². The summed E-state index contributed by atoms with van der Waals surface area (Å²) < 4.78 is 72.7. The largest absolute Gasteiger partial charge is 0.472 e. The lowest BCUT2D eigenvalue weighted by atomic mass is 9.97. The molecule has 0 saturated carbocycles. The van der Waals surface area contributed by atoms with Gasteiger partial charge in [0, 0.05) is 98.1 Å². The van der Waals surface area contributed by atoms with Crippen molar-refractivity contribution < 1.29 is 160 Å². The van der Waals surface area contributed by atoms with Gasteiger partial charge in [0.05, 0.1) is 91.5 Å². The molecule has 3 aliphatic heterocycles. The summed E-state index contributed by atoms with van der Waals surface area (Å²) in [5.74, 6) is -5.47. The number of phosphoric ester groups is 1. The highest BCUT2D eigenvalue weighted by molar-refractivity contribution is 7.47. The fourth-order valence-corrected chi connectivity index (χ4v) is 13.9. The Labute approximate surface area is 694 Å². The van der Waals surface area contributed by atoms with Gasteiger partial charge in [-0.15, -0.1) is 0 Å². The van der Waals surface area contributed by atoms with Gasteiger partial charge < -0.3 is 152 Å². The van der Waals surface area contributed by atoms with E-state index in [9.17, 15) is 108 Å². The molecule has 21 N–H and O–H groups in total. The van der Waals surface area contributed by atoms with Crippen LogP contribution < -0.4 is 53.2 Å². The Morgan fingerprint density at radius 2 is 0.731 bits per heavy atom. The van der Waals surface area contributed by atoms with E-state index in [1.807, 2.05) is 0 Å². The molecular weight excluding hydrogens is 1600 g/mol. The van der Waals surface area contributed by atoms with Crippen LogP contribution in [0.15, 0.2) is 0 Å². The molecule has 0 aromatic carbocycles. The number of carbonyl (C=O) groups excluding carboxylic acids is 10. The zero-order valence-corrected chi connectivity index (χ0v) is 70.4. The van der Waals surface area contributed by atoms with E-state index < -0.39 is 185 Å². The maximum atomic E-state index is 13.8. The fourth-order valence-electron chi connectivity index (χ4n) is 12.8. The summed E-state index contributed by atoms with van der Waals surface area (Å²) in [6, 6.07) is -6.11. The van der Waals surface area contributed by atoms with E-state index in [-0.39, 0.29) is 161 Å². The zero-order chi connectivity index (χ0) is 88.3. The van der Waals surface area contributed by atoms with Crippen LogP contribution in [0.4, 0.5) is 0 Å². The molecule has 0 bridgehead atoms. The SMILES string of the molecule is CC(=O)NC1C(OCCOCCNC(=O)CC[C@H](NC(=O)CCC[C@H](NC(=O)CCCC(=O)NCCCCCCCCCCCC(=O)NCCCCC(CO)COP(=O)(O)OC(C)(C)C)C(=O)NCCOCCOC2OC(CO)C(O)C(O)C2NC(C)=O)C(=O)NCCOCCOC2OC(CO)C(O)C(O)C2NC(C)=O)OC(CO)C(O)C1O. The van der Waals surface area contributed by atoms with Gasteiger partial charge in [-0.25, -0.2) is 4.57 Å². The minimum Gasteiger partial charge on any atom is -0.396 e. The number of amides is 10. The second kappa shape index (κ2) is 60.6. The van der Waals surface area contributed by atoms with Gasteiger partial charge in [0.25, 0.3) is 0 Å². The molecule has 3 fully saturated rings. The van der Waals surface area contributed by atoms with Crippen LogP contribution in [-0.4, -0.2) is 350 Å². The van der Waals surface area contributed by atoms with Crippen LogP contribution in [0, 0.1) is 5.92 Å². The summed E-state index contributed by atoms with van der Waals surface area (Å²) in [6.07, 6.45) is -6.92. The fraction of sp³-hybridized carbons (Fsp3) is 0.867. The minimum absolute atomic E-state index is 0.0130. The molecule has 19 atom stereocenters. The number of carbonyl (C=O) groups is 10. The highest BCUT2D eigenvalue weighted by Crippen LogP contribution is 2.47. The van der Waals surface area contributed by atoms with Gasteiger partial charge in [0.15, 0.2) is 18.9 Å². The van der Waals surface area contributed by atoms with Crippen molar-refractivity contribution in [3.8, 4) is 0 Å².